The van der Waals surface area contributed by atoms with Crippen molar-refractivity contribution in [1.82, 2.24) is 5.32 Å². The summed E-state index contributed by atoms with van der Waals surface area (Å²) in [6, 6.07) is -1.13. The highest BCUT2D eigenvalue weighted by atomic mass is 32.3. The van der Waals surface area contributed by atoms with Crippen molar-refractivity contribution in [2.24, 2.45) is 0 Å². The molecule has 0 aliphatic carbocycles. The molecular formula is C48H91NO12S. The van der Waals surface area contributed by atoms with Crippen LogP contribution in [0.3, 0.4) is 0 Å². The summed E-state index contributed by atoms with van der Waals surface area (Å²) in [7, 11) is -5.12. The maximum Gasteiger partial charge on any atom is 0.397 e. The summed E-state index contributed by atoms with van der Waals surface area (Å²) >= 11 is 0. The number of unbranched alkanes of at least 4 members (excludes halogenated alkanes) is 27. The zero-order valence-electron chi connectivity index (χ0n) is 38.8. The van der Waals surface area contributed by atoms with Gasteiger partial charge < -0.3 is 40.3 Å². The highest BCUT2D eigenvalue weighted by Crippen LogP contribution is 2.26. The van der Waals surface area contributed by atoms with Crippen LogP contribution in [0.15, 0.2) is 24.3 Å². The van der Waals surface area contributed by atoms with Gasteiger partial charge in [-0.05, 0) is 44.9 Å². The maximum absolute atomic E-state index is 13.1. The fraction of sp³-hybridized carbons (Fsp3) is 0.896. The molecule has 0 aromatic heterocycles. The molecule has 1 amide bonds. The number of carbonyl (C=O) groups is 1. The van der Waals surface area contributed by atoms with Gasteiger partial charge in [0.25, 0.3) is 0 Å². The zero-order valence-corrected chi connectivity index (χ0v) is 39.6. The molecule has 1 aliphatic rings. The molecule has 1 fully saturated rings. The third-order valence-corrected chi connectivity index (χ3v) is 12.3. The van der Waals surface area contributed by atoms with Crippen molar-refractivity contribution in [3.8, 4) is 0 Å². The molecular weight excluding hydrogens is 815 g/mol. The Bertz CT molecular complexity index is 1220. The maximum atomic E-state index is 13.1. The van der Waals surface area contributed by atoms with Gasteiger partial charge in [0.2, 0.25) is 5.91 Å². The van der Waals surface area contributed by atoms with Gasteiger partial charge in [-0.25, -0.2) is 4.18 Å². The van der Waals surface area contributed by atoms with E-state index in [2.05, 4.69) is 35.5 Å². The Morgan fingerprint density at radius 1 is 0.645 bits per heavy atom. The van der Waals surface area contributed by atoms with Gasteiger partial charge in [-0.3, -0.25) is 9.35 Å². The van der Waals surface area contributed by atoms with Gasteiger partial charge in [0.1, 0.15) is 30.5 Å². The molecule has 62 heavy (non-hydrogen) atoms. The number of nitrogens with one attached hydrogen (secondary N) is 1. The molecule has 7 N–H and O–H groups in total. The molecule has 13 nitrogen and oxygen atoms in total. The van der Waals surface area contributed by atoms with Crippen LogP contribution in [0.2, 0.25) is 0 Å². The van der Waals surface area contributed by atoms with Crippen molar-refractivity contribution in [1.29, 1.82) is 0 Å². The van der Waals surface area contributed by atoms with E-state index in [0.717, 1.165) is 38.5 Å². The molecule has 366 valence electrons. The van der Waals surface area contributed by atoms with Crippen LogP contribution in [0.25, 0.3) is 0 Å². The number of amides is 1. The van der Waals surface area contributed by atoms with E-state index in [0.29, 0.717) is 12.8 Å². The third kappa shape index (κ3) is 30.6. The summed E-state index contributed by atoms with van der Waals surface area (Å²) in [4.78, 5) is 13.1. The predicted octanol–water partition coefficient (Wildman–Crippen LogP) is 9.08. The SMILES string of the molecule is CCCCCCCC/C=C\CCCCC(O)C(=O)NC(COC1OC(CO)C(O)C(OS(=O)(=O)O)C1O)C(O)/C=C/CCCCCCCCCCCCCCCCCCCCC. The molecule has 0 spiro atoms. The number of carbonyl (C=O) groups excluding carboxylic acids is 1. The minimum absolute atomic E-state index is 0.213. The van der Waals surface area contributed by atoms with Gasteiger partial charge in [-0.1, -0.05) is 192 Å². The smallest absolute Gasteiger partial charge is 0.394 e. The Morgan fingerprint density at radius 2 is 1.06 bits per heavy atom. The highest BCUT2D eigenvalue weighted by molar-refractivity contribution is 7.80. The molecule has 8 atom stereocenters. The molecule has 0 radical (unpaired) electrons. The van der Waals surface area contributed by atoms with E-state index in [1.807, 2.05) is 6.08 Å². The summed E-state index contributed by atoms with van der Waals surface area (Å²) in [5, 5.41) is 55.2. The minimum atomic E-state index is -5.12. The highest BCUT2D eigenvalue weighted by Gasteiger charge is 2.48. The van der Waals surface area contributed by atoms with Crippen molar-refractivity contribution in [3.05, 3.63) is 24.3 Å². The van der Waals surface area contributed by atoms with E-state index in [9.17, 15) is 43.3 Å². The second-order valence-electron chi connectivity index (χ2n) is 17.5. The Kier molecular flexibility index (Phi) is 36.6. The van der Waals surface area contributed by atoms with Gasteiger partial charge in [-0.2, -0.15) is 8.42 Å². The van der Waals surface area contributed by atoms with E-state index in [4.69, 9.17) is 9.47 Å². The van der Waals surface area contributed by atoms with Crippen LogP contribution in [-0.4, -0.2) is 107 Å². The number of ether oxygens (including phenoxy) is 2. The summed E-state index contributed by atoms with van der Waals surface area (Å²) in [6.45, 7) is 3.20. The summed E-state index contributed by atoms with van der Waals surface area (Å²) in [5.74, 6) is -0.718. The van der Waals surface area contributed by atoms with Gasteiger partial charge >= 0.3 is 10.4 Å². The van der Waals surface area contributed by atoms with Crippen LogP contribution in [-0.2, 0) is 28.9 Å². The lowest BCUT2D eigenvalue weighted by Gasteiger charge is -2.41. The van der Waals surface area contributed by atoms with Crippen molar-refractivity contribution >= 4 is 16.3 Å². The minimum Gasteiger partial charge on any atom is -0.394 e. The van der Waals surface area contributed by atoms with Gasteiger partial charge in [0.15, 0.2) is 6.29 Å². The monoisotopic (exact) mass is 906 g/mol. The van der Waals surface area contributed by atoms with Crippen molar-refractivity contribution in [2.45, 2.75) is 262 Å². The molecule has 1 aliphatic heterocycles. The lowest BCUT2D eigenvalue weighted by atomic mass is 9.99. The summed E-state index contributed by atoms with van der Waals surface area (Å²) < 4.78 is 47.5. The van der Waals surface area contributed by atoms with Crippen LogP contribution in [0.1, 0.15) is 213 Å². The van der Waals surface area contributed by atoms with E-state index in [1.165, 1.54) is 147 Å². The first-order valence-electron chi connectivity index (χ1n) is 24.8. The Labute approximate surface area is 376 Å². The molecule has 8 unspecified atom stereocenters. The number of rotatable bonds is 42. The Morgan fingerprint density at radius 3 is 1.50 bits per heavy atom. The third-order valence-electron chi connectivity index (χ3n) is 11.8. The second kappa shape index (κ2) is 38.8. The van der Waals surface area contributed by atoms with Crippen LogP contribution in [0.4, 0.5) is 0 Å². The Hall–Kier alpha value is -1.46. The van der Waals surface area contributed by atoms with Crippen molar-refractivity contribution in [3.63, 3.8) is 0 Å². The van der Waals surface area contributed by atoms with Crippen LogP contribution in [0, 0.1) is 0 Å². The number of aliphatic hydroxyl groups excluding tert-OH is 5. The first-order chi connectivity index (χ1) is 29.9. The van der Waals surface area contributed by atoms with Crippen molar-refractivity contribution in [2.75, 3.05) is 13.2 Å². The largest absolute Gasteiger partial charge is 0.397 e. The predicted molar refractivity (Wildman–Crippen MR) is 247 cm³/mol. The van der Waals surface area contributed by atoms with E-state index in [1.54, 1.807) is 0 Å². The topological polar surface area (TPSA) is 212 Å². The molecule has 1 saturated heterocycles. The quantitative estimate of drug-likeness (QED) is 0.0174. The molecule has 1 rings (SSSR count). The molecule has 0 saturated carbocycles. The van der Waals surface area contributed by atoms with Gasteiger partial charge in [-0.15, -0.1) is 0 Å². The molecule has 0 aromatic rings. The van der Waals surface area contributed by atoms with Crippen molar-refractivity contribution < 1.29 is 57.0 Å². The average molecular weight is 906 g/mol. The molecule has 1 heterocycles. The van der Waals surface area contributed by atoms with E-state index in [-0.39, 0.29) is 6.42 Å². The van der Waals surface area contributed by atoms with Crippen LogP contribution in [0.5, 0.6) is 0 Å². The lowest BCUT2D eigenvalue weighted by molar-refractivity contribution is -0.298. The zero-order chi connectivity index (χ0) is 45.7. The van der Waals surface area contributed by atoms with Gasteiger partial charge in [0.05, 0.1) is 25.4 Å². The van der Waals surface area contributed by atoms with Crippen LogP contribution < -0.4 is 5.32 Å². The molecule has 14 heteroatoms. The fourth-order valence-electron chi connectivity index (χ4n) is 7.87. The van der Waals surface area contributed by atoms with E-state index >= 15 is 0 Å². The summed E-state index contributed by atoms with van der Waals surface area (Å²) in [5.41, 5.74) is 0. The number of aliphatic hydroxyl groups is 5. The van der Waals surface area contributed by atoms with Crippen LogP contribution >= 0.6 is 0 Å². The lowest BCUT2D eigenvalue weighted by Crippen LogP contribution is -2.61. The normalized spacial score (nSPS) is 21.2. The van der Waals surface area contributed by atoms with E-state index < -0.39 is 78.5 Å². The Balaban J connectivity index is 2.53. The number of hydrogen-bond donors (Lipinski definition) is 7. The first-order valence-corrected chi connectivity index (χ1v) is 26.2. The number of hydrogen-bond acceptors (Lipinski definition) is 11. The second-order valence-corrected chi connectivity index (χ2v) is 18.6. The first kappa shape index (κ1) is 58.6. The standard InChI is InChI=1S/C48H91NO12S/c1-3-5-7-9-11-13-15-17-18-19-20-21-22-23-24-25-27-28-30-32-34-36-41(51)40(39-59-48-45(54)46(61-62(56,57)58)44(53)43(38-50)60-48)49-47(55)42(52)37-35-33-31-29-26-16-14-12-10-8-6-4-2/h26,29,34,36,40-46,48,50-54H,3-25,27-28,30-33,35,37-39H2,1-2H3,(H,49,55)(H,56,57,58)/b29-26-,36-34+. The number of allylic oxidation sites excluding steroid dienone is 3. The molecule has 0 aromatic carbocycles. The fourth-order valence-corrected chi connectivity index (χ4v) is 8.38. The van der Waals surface area contributed by atoms with Gasteiger partial charge in [0, 0.05) is 0 Å². The summed E-state index contributed by atoms with van der Waals surface area (Å²) in [6.07, 6.45) is 32.7. The molecule has 0 bridgehead atoms. The average Bonchev–Trinajstić information content (AvgIpc) is 3.24.